The van der Waals surface area contributed by atoms with Crippen molar-refractivity contribution in [1.29, 1.82) is 0 Å². The topological polar surface area (TPSA) is 17.8 Å². The maximum Gasteiger partial charge on any atom is 0.0945 e. The molecule has 3 radical (unpaired) electrons. The summed E-state index contributed by atoms with van der Waals surface area (Å²) in [5, 5.41) is 0. The van der Waals surface area contributed by atoms with Crippen LogP contribution in [-0.4, -0.2) is 19.8 Å². The van der Waals surface area contributed by atoms with Crippen LogP contribution in [0.5, 0.6) is 0 Å². The number of imidazole rings is 1. The standard InChI is InChI=1S/C6H9N2Si/c9-5-1-3-8-4-2-7-6-8/h2,4,6H,1,3,5H2. The Morgan fingerprint density at radius 1 is 1.56 bits per heavy atom. The molecule has 0 aliphatic rings. The smallest absolute Gasteiger partial charge is 0.0945 e. The van der Waals surface area contributed by atoms with Gasteiger partial charge in [0.1, 0.15) is 0 Å². The minimum atomic E-state index is 1.05. The Kier molecular flexibility index (Phi) is 2.51. The highest BCUT2D eigenvalue weighted by molar-refractivity contribution is 6.08. The van der Waals surface area contributed by atoms with Gasteiger partial charge in [-0.25, -0.2) is 4.98 Å². The zero-order valence-corrected chi connectivity index (χ0v) is 6.25. The van der Waals surface area contributed by atoms with Crippen molar-refractivity contribution >= 4 is 10.2 Å². The number of aryl methyl sites for hydroxylation is 1. The molecule has 0 saturated carbocycles. The molecule has 0 aromatic carbocycles. The van der Waals surface area contributed by atoms with Gasteiger partial charge in [-0.2, -0.15) is 0 Å². The van der Waals surface area contributed by atoms with Gasteiger partial charge in [0.05, 0.1) is 6.33 Å². The highest BCUT2D eigenvalue weighted by Crippen LogP contribution is 1.91. The fourth-order valence-corrected chi connectivity index (χ4v) is 0.839. The maximum absolute atomic E-state index is 3.92. The van der Waals surface area contributed by atoms with E-state index in [2.05, 4.69) is 19.8 Å². The lowest BCUT2D eigenvalue weighted by Gasteiger charge is -1.96. The van der Waals surface area contributed by atoms with Crippen LogP contribution in [0.1, 0.15) is 6.42 Å². The zero-order valence-electron chi connectivity index (χ0n) is 5.25. The minimum Gasteiger partial charge on any atom is -0.338 e. The lowest BCUT2D eigenvalue weighted by molar-refractivity contribution is 0.678. The number of aromatic nitrogens is 2. The molecule has 1 heterocycles. The van der Waals surface area contributed by atoms with Crippen molar-refractivity contribution in [2.24, 2.45) is 0 Å². The normalized spacial score (nSPS) is 9.89. The summed E-state index contributed by atoms with van der Waals surface area (Å²) < 4.78 is 2.07. The van der Waals surface area contributed by atoms with Crippen molar-refractivity contribution in [3.05, 3.63) is 18.7 Å². The van der Waals surface area contributed by atoms with E-state index in [1.54, 1.807) is 6.20 Å². The van der Waals surface area contributed by atoms with E-state index < -0.39 is 0 Å². The molecule has 0 fully saturated rings. The van der Waals surface area contributed by atoms with E-state index in [1.165, 1.54) is 0 Å². The number of hydrogen-bond acceptors (Lipinski definition) is 1. The molecule has 3 heteroatoms. The fraction of sp³-hybridized carbons (Fsp3) is 0.500. The van der Waals surface area contributed by atoms with Crippen LogP contribution < -0.4 is 0 Å². The third kappa shape index (κ3) is 2.01. The van der Waals surface area contributed by atoms with Crippen LogP contribution in [0.2, 0.25) is 6.04 Å². The molecule has 0 spiro atoms. The average molecular weight is 137 g/mol. The predicted molar refractivity (Wildman–Crippen MR) is 37.4 cm³/mol. The first-order valence-corrected chi connectivity index (χ1v) is 3.74. The summed E-state index contributed by atoms with van der Waals surface area (Å²) in [5.74, 6) is 0. The molecular weight excluding hydrogens is 128 g/mol. The quantitative estimate of drug-likeness (QED) is 0.565. The highest BCUT2D eigenvalue weighted by atomic mass is 28.1. The lowest BCUT2D eigenvalue weighted by Crippen LogP contribution is -1.92. The molecule has 0 unspecified atom stereocenters. The van der Waals surface area contributed by atoms with Gasteiger partial charge >= 0.3 is 0 Å². The molecule has 1 rings (SSSR count). The highest BCUT2D eigenvalue weighted by Gasteiger charge is 1.85. The van der Waals surface area contributed by atoms with Gasteiger partial charge in [0.25, 0.3) is 0 Å². The summed E-state index contributed by atoms with van der Waals surface area (Å²) in [6, 6.07) is 1.05. The monoisotopic (exact) mass is 137 g/mol. The molecule has 0 aliphatic heterocycles. The van der Waals surface area contributed by atoms with E-state index in [0.29, 0.717) is 0 Å². The van der Waals surface area contributed by atoms with Crippen LogP contribution in [0.3, 0.4) is 0 Å². The Bertz CT molecular complexity index is 148. The van der Waals surface area contributed by atoms with E-state index in [0.717, 1.165) is 19.0 Å². The van der Waals surface area contributed by atoms with Crippen LogP contribution in [0, 0.1) is 0 Å². The summed E-state index contributed by atoms with van der Waals surface area (Å²) in [4.78, 5) is 3.92. The van der Waals surface area contributed by atoms with Crippen LogP contribution in [0.15, 0.2) is 18.7 Å². The zero-order chi connectivity index (χ0) is 6.53. The first-order chi connectivity index (χ1) is 4.43. The Hall–Kier alpha value is -0.573. The van der Waals surface area contributed by atoms with Crippen LogP contribution in [-0.2, 0) is 6.54 Å². The number of rotatable bonds is 3. The second-order valence-electron chi connectivity index (χ2n) is 1.90. The fourth-order valence-electron chi connectivity index (χ4n) is 0.681. The van der Waals surface area contributed by atoms with Gasteiger partial charge in [-0.05, 0) is 6.42 Å². The largest absolute Gasteiger partial charge is 0.338 e. The van der Waals surface area contributed by atoms with Gasteiger partial charge in [-0.3, -0.25) is 0 Å². The lowest BCUT2D eigenvalue weighted by atomic mass is 10.5. The minimum absolute atomic E-state index is 1.05. The van der Waals surface area contributed by atoms with Gasteiger partial charge in [0.2, 0.25) is 0 Å². The molecule has 0 bridgehead atoms. The molecule has 0 atom stereocenters. The van der Waals surface area contributed by atoms with Crippen LogP contribution in [0.25, 0.3) is 0 Å². The van der Waals surface area contributed by atoms with Crippen molar-refractivity contribution in [3.63, 3.8) is 0 Å². The summed E-state index contributed by atoms with van der Waals surface area (Å²) >= 11 is 0. The van der Waals surface area contributed by atoms with Gasteiger partial charge in [-0.15, -0.1) is 0 Å². The van der Waals surface area contributed by atoms with Crippen molar-refractivity contribution in [3.8, 4) is 0 Å². The van der Waals surface area contributed by atoms with E-state index in [1.807, 2.05) is 12.5 Å². The number of nitrogens with zero attached hydrogens (tertiary/aromatic N) is 2. The number of hydrogen-bond donors (Lipinski definition) is 0. The van der Waals surface area contributed by atoms with Crippen molar-refractivity contribution in [2.75, 3.05) is 0 Å². The molecule has 0 amide bonds. The Labute approximate surface area is 58.3 Å². The van der Waals surface area contributed by atoms with Crippen molar-refractivity contribution < 1.29 is 0 Å². The van der Waals surface area contributed by atoms with E-state index in [4.69, 9.17) is 0 Å². The summed E-state index contributed by atoms with van der Waals surface area (Å²) in [6.07, 6.45) is 6.77. The van der Waals surface area contributed by atoms with E-state index in [-0.39, 0.29) is 0 Å². The first-order valence-electron chi connectivity index (χ1n) is 3.04. The van der Waals surface area contributed by atoms with E-state index in [9.17, 15) is 0 Å². The average Bonchev–Trinajstić information content (AvgIpc) is 2.34. The van der Waals surface area contributed by atoms with Crippen molar-refractivity contribution in [1.82, 2.24) is 9.55 Å². The molecule has 47 valence electrons. The Balaban J connectivity index is 2.30. The predicted octanol–water partition coefficient (Wildman–Crippen LogP) is 0.860. The summed E-state index contributed by atoms with van der Waals surface area (Å²) in [6.45, 7) is 1.06. The van der Waals surface area contributed by atoms with Crippen LogP contribution >= 0.6 is 0 Å². The molecule has 0 aliphatic carbocycles. The summed E-state index contributed by atoms with van der Waals surface area (Å²) in [5.41, 5.74) is 0. The van der Waals surface area contributed by atoms with Gasteiger partial charge < -0.3 is 4.57 Å². The molecule has 0 N–H and O–H groups in total. The summed E-state index contributed by atoms with van der Waals surface area (Å²) in [7, 11) is 3.40. The van der Waals surface area contributed by atoms with Gasteiger partial charge in [-0.1, -0.05) is 6.04 Å². The SMILES string of the molecule is [Si]CCCn1ccnc1. The van der Waals surface area contributed by atoms with Gasteiger partial charge in [0.15, 0.2) is 0 Å². The van der Waals surface area contributed by atoms with Crippen molar-refractivity contribution in [2.45, 2.75) is 19.0 Å². The molecule has 1 aromatic heterocycles. The molecule has 1 aromatic rings. The first kappa shape index (κ1) is 6.55. The molecule has 9 heavy (non-hydrogen) atoms. The Morgan fingerprint density at radius 2 is 2.44 bits per heavy atom. The third-order valence-corrected chi connectivity index (χ3v) is 1.51. The van der Waals surface area contributed by atoms with Gasteiger partial charge in [0, 0.05) is 29.2 Å². The second-order valence-corrected chi connectivity index (χ2v) is 2.40. The second kappa shape index (κ2) is 3.45. The third-order valence-electron chi connectivity index (χ3n) is 1.15. The molecular formula is C6H9N2Si. The van der Waals surface area contributed by atoms with Crippen LogP contribution in [0.4, 0.5) is 0 Å². The van der Waals surface area contributed by atoms with E-state index >= 15 is 0 Å². The molecule has 0 saturated heterocycles. The maximum atomic E-state index is 3.92. The Morgan fingerprint density at radius 3 is 3.00 bits per heavy atom. The molecule has 2 nitrogen and oxygen atoms in total.